The molecule has 0 aliphatic heterocycles. The highest BCUT2D eigenvalue weighted by atomic mass is 16.5. The van der Waals surface area contributed by atoms with Crippen molar-refractivity contribution in [2.24, 2.45) is 5.92 Å². The number of ether oxygens (including phenoxy) is 1. The summed E-state index contributed by atoms with van der Waals surface area (Å²) < 4.78 is 5.11. The van der Waals surface area contributed by atoms with E-state index in [0.29, 0.717) is 18.1 Å². The van der Waals surface area contributed by atoms with Gasteiger partial charge in [0.05, 0.1) is 12.2 Å². The maximum absolute atomic E-state index is 11.5. The van der Waals surface area contributed by atoms with Gasteiger partial charge in [-0.15, -0.1) is 0 Å². The van der Waals surface area contributed by atoms with Crippen LogP contribution in [-0.2, 0) is 4.74 Å². The Morgan fingerprint density at radius 1 is 1.31 bits per heavy atom. The molecule has 0 aliphatic carbocycles. The molecule has 0 amide bonds. The van der Waals surface area contributed by atoms with Gasteiger partial charge in [0.2, 0.25) is 0 Å². The first kappa shape index (κ1) is 14.7. The Labute approximate surface area is 98.6 Å². The van der Waals surface area contributed by atoms with Crippen LogP contribution in [0.25, 0.3) is 0 Å². The quantitative estimate of drug-likeness (QED) is 0.726. The van der Waals surface area contributed by atoms with E-state index in [-0.39, 0.29) is 5.97 Å². The molecule has 0 heterocycles. The normalized spacial score (nSPS) is 9.38. The van der Waals surface area contributed by atoms with Gasteiger partial charge >= 0.3 is 5.97 Å². The highest BCUT2D eigenvalue weighted by Gasteiger charge is 2.07. The van der Waals surface area contributed by atoms with Crippen molar-refractivity contribution in [3.8, 4) is 0 Å². The third kappa shape index (κ3) is 5.54. The van der Waals surface area contributed by atoms with Gasteiger partial charge in [-0.3, -0.25) is 0 Å². The second kappa shape index (κ2) is 7.91. The minimum absolute atomic E-state index is 0.234. The molecule has 1 rings (SSSR count). The lowest BCUT2D eigenvalue weighted by Crippen LogP contribution is -2.10. The molecule has 0 saturated heterocycles. The first-order valence-corrected chi connectivity index (χ1v) is 5.83. The molecule has 90 valence electrons. The number of carbonyl (C=O) groups excluding carboxylic acids is 1. The lowest BCUT2D eigenvalue weighted by Gasteiger charge is -2.07. The molecule has 0 spiro atoms. The summed E-state index contributed by atoms with van der Waals surface area (Å²) >= 11 is 0. The molecule has 2 heteroatoms. The van der Waals surface area contributed by atoms with Gasteiger partial charge in [-0.1, -0.05) is 45.4 Å². The fourth-order valence-corrected chi connectivity index (χ4v) is 1.10. The van der Waals surface area contributed by atoms with Crippen LogP contribution >= 0.6 is 0 Å². The summed E-state index contributed by atoms with van der Waals surface area (Å²) in [6.07, 6.45) is 0. The van der Waals surface area contributed by atoms with E-state index >= 15 is 0 Å². The fraction of sp³-hybridized carbons (Fsp3) is 0.500. The summed E-state index contributed by atoms with van der Waals surface area (Å²) in [6, 6.07) is 7.43. The minimum Gasteiger partial charge on any atom is -0.462 e. The smallest absolute Gasteiger partial charge is 0.338 e. The van der Waals surface area contributed by atoms with Gasteiger partial charge in [0.15, 0.2) is 0 Å². The van der Waals surface area contributed by atoms with Gasteiger partial charge in [0.25, 0.3) is 0 Å². The summed E-state index contributed by atoms with van der Waals surface area (Å²) in [5.41, 5.74) is 1.70. The van der Waals surface area contributed by atoms with Crippen LogP contribution in [-0.4, -0.2) is 12.6 Å². The van der Waals surface area contributed by atoms with Crippen LogP contribution in [0.15, 0.2) is 24.3 Å². The Morgan fingerprint density at radius 2 is 1.94 bits per heavy atom. The van der Waals surface area contributed by atoms with E-state index in [9.17, 15) is 4.79 Å². The largest absolute Gasteiger partial charge is 0.462 e. The van der Waals surface area contributed by atoms with Gasteiger partial charge in [0.1, 0.15) is 0 Å². The zero-order valence-corrected chi connectivity index (χ0v) is 10.9. The Bertz CT molecular complexity index is 316. The van der Waals surface area contributed by atoms with Gasteiger partial charge in [-0.2, -0.15) is 0 Å². The van der Waals surface area contributed by atoms with E-state index < -0.39 is 0 Å². The minimum atomic E-state index is -0.234. The van der Waals surface area contributed by atoms with Crippen molar-refractivity contribution in [3.63, 3.8) is 0 Å². The highest BCUT2D eigenvalue weighted by molar-refractivity contribution is 5.89. The molecule has 0 saturated carbocycles. The van der Waals surface area contributed by atoms with Crippen molar-refractivity contribution in [1.82, 2.24) is 0 Å². The molecule has 0 unspecified atom stereocenters. The van der Waals surface area contributed by atoms with Crippen LogP contribution in [0.4, 0.5) is 0 Å². The number of rotatable bonds is 3. The fourth-order valence-electron chi connectivity index (χ4n) is 1.10. The third-order valence-electron chi connectivity index (χ3n) is 1.80. The molecule has 16 heavy (non-hydrogen) atoms. The number of hydrogen-bond donors (Lipinski definition) is 0. The van der Waals surface area contributed by atoms with Crippen LogP contribution in [0, 0.1) is 12.8 Å². The molecule has 1 aromatic carbocycles. The Balaban J connectivity index is 0.00000106. The summed E-state index contributed by atoms with van der Waals surface area (Å²) in [5.74, 6) is 0.145. The molecular formula is C14H22O2. The van der Waals surface area contributed by atoms with E-state index in [2.05, 4.69) is 0 Å². The molecule has 0 fully saturated rings. The first-order valence-electron chi connectivity index (χ1n) is 5.83. The molecule has 0 radical (unpaired) electrons. The van der Waals surface area contributed by atoms with Crippen molar-refractivity contribution in [3.05, 3.63) is 35.4 Å². The molecule has 0 aliphatic rings. The predicted molar refractivity (Wildman–Crippen MR) is 67.6 cm³/mol. The molecule has 1 aromatic rings. The summed E-state index contributed by atoms with van der Waals surface area (Å²) in [6.45, 7) is 10.5. The Kier molecular flexibility index (Phi) is 7.27. The molecule has 0 aromatic heterocycles. The second-order valence-electron chi connectivity index (χ2n) is 3.86. The second-order valence-corrected chi connectivity index (χ2v) is 3.86. The van der Waals surface area contributed by atoms with Crippen LogP contribution < -0.4 is 0 Å². The lowest BCUT2D eigenvalue weighted by atomic mass is 10.1. The van der Waals surface area contributed by atoms with Crippen molar-refractivity contribution < 1.29 is 9.53 Å². The maximum Gasteiger partial charge on any atom is 0.338 e. The highest BCUT2D eigenvalue weighted by Crippen LogP contribution is 2.06. The average molecular weight is 222 g/mol. The van der Waals surface area contributed by atoms with Gasteiger partial charge in [-0.05, 0) is 25.0 Å². The molecule has 2 nitrogen and oxygen atoms in total. The Hall–Kier alpha value is -1.31. The van der Waals surface area contributed by atoms with E-state index in [4.69, 9.17) is 4.74 Å². The van der Waals surface area contributed by atoms with E-state index in [0.717, 1.165) is 5.56 Å². The number of hydrogen-bond acceptors (Lipinski definition) is 2. The zero-order valence-electron chi connectivity index (χ0n) is 10.9. The molecular weight excluding hydrogens is 200 g/mol. The lowest BCUT2D eigenvalue weighted by molar-refractivity contribution is 0.0459. The standard InChI is InChI=1S/C12H16O2.C2H6/c1-9(2)8-14-12(13)11-6-4-5-10(3)7-11;1-2/h4-7,9H,8H2,1-3H3;1-2H3. The molecule has 0 N–H and O–H groups in total. The predicted octanol–water partition coefficient (Wildman–Crippen LogP) is 3.83. The van der Waals surface area contributed by atoms with Gasteiger partial charge in [-0.25, -0.2) is 4.79 Å². The molecule has 0 atom stereocenters. The van der Waals surface area contributed by atoms with Gasteiger partial charge in [0, 0.05) is 0 Å². The van der Waals surface area contributed by atoms with Crippen LogP contribution in [0.1, 0.15) is 43.6 Å². The van der Waals surface area contributed by atoms with E-state index in [1.54, 1.807) is 6.07 Å². The van der Waals surface area contributed by atoms with Crippen molar-refractivity contribution in [2.45, 2.75) is 34.6 Å². The van der Waals surface area contributed by atoms with Crippen molar-refractivity contribution in [2.75, 3.05) is 6.61 Å². The number of aryl methyl sites for hydroxylation is 1. The summed E-state index contributed by atoms with van der Waals surface area (Å²) in [5, 5.41) is 0. The summed E-state index contributed by atoms with van der Waals surface area (Å²) in [4.78, 5) is 11.5. The van der Waals surface area contributed by atoms with Crippen molar-refractivity contribution >= 4 is 5.97 Å². The van der Waals surface area contributed by atoms with Crippen LogP contribution in [0.3, 0.4) is 0 Å². The van der Waals surface area contributed by atoms with Crippen LogP contribution in [0.2, 0.25) is 0 Å². The van der Waals surface area contributed by atoms with E-state index in [1.165, 1.54) is 0 Å². The summed E-state index contributed by atoms with van der Waals surface area (Å²) in [7, 11) is 0. The zero-order chi connectivity index (χ0) is 12.6. The molecule has 0 bridgehead atoms. The topological polar surface area (TPSA) is 26.3 Å². The van der Waals surface area contributed by atoms with Crippen LogP contribution in [0.5, 0.6) is 0 Å². The number of benzene rings is 1. The number of carbonyl (C=O) groups is 1. The Morgan fingerprint density at radius 3 is 2.44 bits per heavy atom. The monoisotopic (exact) mass is 222 g/mol. The van der Waals surface area contributed by atoms with Gasteiger partial charge < -0.3 is 4.74 Å². The third-order valence-corrected chi connectivity index (χ3v) is 1.80. The number of esters is 1. The van der Waals surface area contributed by atoms with E-state index in [1.807, 2.05) is 52.8 Å². The van der Waals surface area contributed by atoms with Crippen molar-refractivity contribution in [1.29, 1.82) is 0 Å². The first-order chi connectivity index (χ1) is 7.59. The average Bonchev–Trinajstić information content (AvgIpc) is 2.28. The SMILES string of the molecule is CC.Cc1cccc(C(=O)OCC(C)C)c1. The maximum atomic E-state index is 11.5.